The topological polar surface area (TPSA) is 9.72 Å². The SMILES string of the molecule is C1CCC(CN2CN(CC3CCCCC3)CN(CC3CCCCC3)C2)CC1. The van der Waals surface area contributed by atoms with Crippen molar-refractivity contribution in [3.05, 3.63) is 0 Å². The summed E-state index contributed by atoms with van der Waals surface area (Å²) in [6, 6.07) is 0. The molecule has 1 aliphatic heterocycles. The van der Waals surface area contributed by atoms with Gasteiger partial charge in [0.15, 0.2) is 0 Å². The number of hydrogen-bond acceptors (Lipinski definition) is 3. The van der Waals surface area contributed by atoms with Gasteiger partial charge >= 0.3 is 0 Å². The summed E-state index contributed by atoms with van der Waals surface area (Å²) in [6.07, 6.45) is 22.3. The highest BCUT2D eigenvalue weighted by molar-refractivity contribution is 4.79. The van der Waals surface area contributed by atoms with E-state index in [2.05, 4.69) is 14.7 Å². The third kappa shape index (κ3) is 6.44. The predicted molar refractivity (Wildman–Crippen MR) is 114 cm³/mol. The monoisotopic (exact) mass is 375 g/mol. The van der Waals surface area contributed by atoms with Gasteiger partial charge in [-0.25, -0.2) is 0 Å². The Morgan fingerprint density at radius 3 is 0.889 bits per heavy atom. The van der Waals surface area contributed by atoms with Crippen LogP contribution in [0.3, 0.4) is 0 Å². The van der Waals surface area contributed by atoms with E-state index in [1.54, 1.807) is 0 Å². The van der Waals surface area contributed by atoms with Crippen LogP contribution in [-0.4, -0.2) is 54.3 Å². The molecule has 156 valence electrons. The first kappa shape index (κ1) is 20.2. The molecule has 0 amide bonds. The van der Waals surface area contributed by atoms with Crippen LogP contribution in [0.25, 0.3) is 0 Å². The molecule has 3 nitrogen and oxygen atoms in total. The molecule has 1 heterocycles. The Kier molecular flexibility index (Phi) is 7.91. The van der Waals surface area contributed by atoms with E-state index in [1.807, 2.05) is 0 Å². The zero-order valence-corrected chi connectivity index (χ0v) is 17.9. The van der Waals surface area contributed by atoms with Crippen LogP contribution in [0.5, 0.6) is 0 Å². The van der Waals surface area contributed by atoms with Crippen molar-refractivity contribution in [1.29, 1.82) is 0 Å². The third-order valence-corrected chi connectivity index (χ3v) is 7.92. The van der Waals surface area contributed by atoms with E-state index in [4.69, 9.17) is 0 Å². The van der Waals surface area contributed by atoms with E-state index in [0.29, 0.717) is 0 Å². The van der Waals surface area contributed by atoms with E-state index in [9.17, 15) is 0 Å². The summed E-state index contributed by atoms with van der Waals surface area (Å²) < 4.78 is 0. The first-order valence-corrected chi connectivity index (χ1v) is 12.5. The molecule has 0 radical (unpaired) electrons. The van der Waals surface area contributed by atoms with Gasteiger partial charge in [-0.2, -0.15) is 0 Å². The molecule has 0 unspecified atom stereocenters. The predicted octanol–water partition coefficient (Wildman–Crippen LogP) is 5.52. The molecule has 4 rings (SSSR count). The minimum absolute atomic E-state index is 0.977. The van der Waals surface area contributed by atoms with Crippen molar-refractivity contribution in [2.45, 2.75) is 96.3 Å². The van der Waals surface area contributed by atoms with Gasteiger partial charge in [0, 0.05) is 19.6 Å². The second kappa shape index (κ2) is 10.6. The van der Waals surface area contributed by atoms with Crippen molar-refractivity contribution in [2.24, 2.45) is 17.8 Å². The van der Waals surface area contributed by atoms with Gasteiger partial charge in [0.2, 0.25) is 0 Å². The third-order valence-electron chi connectivity index (χ3n) is 7.92. The van der Waals surface area contributed by atoms with Gasteiger partial charge in [-0.1, -0.05) is 57.8 Å². The van der Waals surface area contributed by atoms with Gasteiger partial charge in [-0.15, -0.1) is 0 Å². The first-order chi connectivity index (χ1) is 13.3. The van der Waals surface area contributed by atoms with Crippen LogP contribution in [-0.2, 0) is 0 Å². The molecular formula is C24H45N3. The molecule has 0 aromatic carbocycles. The Balaban J connectivity index is 1.32. The van der Waals surface area contributed by atoms with Gasteiger partial charge in [0.1, 0.15) is 0 Å². The highest BCUT2D eigenvalue weighted by atomic mass is 15.5. The molecule has 0 N–H and O–H groups in total. The second-order valence-corrected chi connectivity index (χ2v) is 10.5. The quantitative estimate of drug-likeness (QED) is 0.605. The summed E-state index contributed by atoms with van der Waals surface area (Å²) >= 11 is 0. The van der Waals surface area contributed by atoms with E-state index in [-0.39, 0.29) is 0 Å². The van der Waals surface area contributed by atoms with Crippen LogP contribution in [0, 0.1) is 17.8 Å². The van der Waals surface area contributed by atoms with Crippen molar-refractivity contribution in [3.63, 3.8) is 0 Å². The molecule has 0 atom stereocenters. The average Bonchev–Trinajstić information content (AvgIpc) is 2.70. The highest BCUT2D eigenvalue weighted by Gasteiger charge is 2.29. The van der Waals surface area contributed by atoms with E-state index < -0.39 is 0 Å². The molecule has 0 aromatic heterocycles. The minimum atomic E-state index is 0.977. The molecule has 4 fully saturated rings. The molecule has 27 heavy (non-hydrogen) atoms. The van der Waals surface area contributed by atoms with Crippen LogP contribution in [0.2, 0.25) is 0 Å². The van der Waals surface area contributed by atoms with Crippen molar-refractivity contribution in [1.82, 2.24) is 14.7 Å². The molecule has 0 spiro atoms. The summed E-state index contributed by atoms with van der Waals surface area (Å²) in [4.78, 5) is 8.47. The largest absolute Gasteiger partial charge is 0.277 e. The van der Waals surface area contributed by atoms with Gasteiger partial charge in [-0.05, 0) is 56.3 Å². The average molecular weight is 376 g/mol. The lowest BCUT2D eigenvalue weighted by Gasteiger charge is -2.46. The summed E-state index contributed by atoms with van der Waals surface area (Å²) in [5, 5.41) is 0. The van der Waals surface area contributed by atoms with Crippen LogP contribution in [0.15, 0.2) is 0 Å². The summed E-state index contributed by atoms with van der Waals surface area (Å²) in [5.74, 6) is 2.93. The Labute approximate surface area is 168 Å². The first-order valence-electron chi connectivity index (χ1n) is 12.5. The summed E-state index contributed by atoms with van der Waals surface area (Å²) in [6.45, 7) is 7.82. The van der Waals surface area contributed by atoms with E-state index in [0.717, 1.165) is 17.8 Å². The summed E-state index contributed by atoms with van der Waals surface area (Å²) in [5.41, 5.74) is 0. The molecule has 3 saturated carbocycles. The Morgan fingerprint density at radius 2 is 0.630 bits per heavy atom. The minimum Gasteiger partial charge on any atom is -0.277 e. The fraction of sp³-hybridized carbons (Fsp3) is 1.00. The maximum absolute atomic E-state index is 2.82. The maximum Gasteiger partial charge on any atom is 0.0530 e. The van der Waals surface area contributed by atoms with E-state index in [1.165, 1.54) is 136 Å². The lowest BCUT2D eigenvalue weighted by Crippen LogP contribution is -2.57. The second-order valence-electron chi connectivity index (χ2n) is 10.5. The van der Waals surface area contributed by atoms with Crippen LogP contribution >= 0.6 is 0 Å². The van der Waals surface area contributed by atoms with Gasteiger partial charge < -0.3 is 0 Å². The van der Waals surface area contributed by atoms with Crippen molar-refractivity contribution >= 4 is 0 Å². The fourth-order valence-corrected chi connectivity index (χ4v) is 6.53. The normalized spacial score (nSPS) is 29.3. The maximum atomic E-state index is 2.82. The van der Waals surface area contributed by atoms with Crippen molar-refractivity contribution in [2.75, 3.05) is 39.6 Å². The number of hydrogen-bond donors (Lipinski definition) is 0. The van der Waals surface area contributed by atoms with Crippen LogP contribution < -0.4 is 0 Å². The number of rotatable bonds is 6. The molecule has 3 aliphatic carbocycles. The zero-order valence-electron chi connectivity index (χ0n) is 17.9. The van der Waals surface area contributed by atoms with E-state index >= 15 is 0 Å². The molecule has 3 heteroatoms. The Bertz CT molecular complexity index is 340. The zero-order chi connectivity index (χ0) is 18.3. The smallest absolute Gasteiger partial charge is 0.0530 e. The van der Waals surface area contributed by atoms with Gasteiger partial charge in [0.25, 0.3) is 0 Å². The van der Waals surface area contributed by atoms with Crippen LogP contribution in [0.4, 0.5) is 0 Å². The lowest BCUT2D eigenvalue weighted by atomic mass is 9.88. The fourth-order valence-electron chi connectivity index (χ4n) is 6.53. The summed E-state index contributed by atoms with van der Waals surface area (Å²) in [7, 11) is 0. The number of nitrogens with zero attached hydrogens (tertiary/aromatic N) is 3. The molecule has 4 aliphatic rings. The van der Waals surface area contributed by atoms with Gasteiger partial charge in [0.05, 0.1) is 20.0 Å². The molecule has 0 aromatic rings. The standard InChI is InChI=1S/C24H45N3/c1-4-10-22(11-5-1)16-25-19-26(17-23-12-6-2-7-13-23)21-27(20-25)18-24-14-8-3-9-15-24/h22-24H,1-21H2. The van der Waals surface area contributed by atoms with Crippen LogP contribution in [0.1, 0.15) is 96.3 Å². The highest BCUT2D eigenvalue weighted by Crippen LogP contribution is 2.29. The lowest BCUT2D eigenvalue weighted by molar-refractivity contribution is -0.0531. The molecule has 0 bridgehead atoms. The van der Waals surface area contributed by atoms with Gasteiger partial charge in [-0.3, -0.25) is 14.7 Å². The van der Waals surface area contributed by atoms with Crippen molar-refractivity contribution < 1.29 is 0 Å². The Morgan fingerprint density at radius 1 is 0.370 bits per heavy atom. The van der Waals surface area contributed by atoms with Crippen molar-refractivity contribution in [3.8, 4) is 0 Å². The Hall–Kier alpha value is -0.120. The molecular weight excluding hydrogens is 330 g/mol. The molecule has 1 saturated heterocycles.